The Morgan fingerprint density at radius 3 is 1.92 bits per heavy atom. The number of unbranched alkanes of at least 4 members (excludes halogenated alkanes) is 9. The average molecular weight is 392 g/mol. The lowest BCUT2D eigenvalue weighted by atomic mass is 9.92. The molecule has 2 atom stereocenters. The Kier molecular flexibility index (Phi) is 16.9. The molecule has 0 bridgehead atoms. The minimum Gasteiger partial charge on any atom is -0.748 e. The molecule has 1 rings (SSSR count). The van der Waals surface area contributed by atoms with Crippen LogP contribution in [0.2, 0.25) is 0 Å². The molecule has 26 heavy (non-hydrogen) atoms. The van der Waals surface area contributed by atoms with Gasteiger partial charge in [0.05, 0.1) is 29.8 Å². The zero-order valence-corrected chi connectivity index (χ0v) is 18.5. The first-order chi connectivity index (χ1) is 12.4. The van der Waals surface area contributed by atoms with Crippen LogP contribution in [0.4, 0.5) is 0 Å². The van der Waals surface area contributed by atoms with E-state index in [9.17, 15) is 0 Å². The zero-order chi connectivity index (χ0) is 19.7. The molecule has 1 heterocycles. The molecule has 0 aromatic carbocycles. The summed E-state index contributed by atoms with van der Waals surface area (Å²) in [6.45, 7) is 9.03. The van der Waals surface area contributed by atoms with E-state index in [-0.39, 0.29) is 0 Å². The van der Waals surface area contributed by atoms with Crippen molar-refractivity contribution in [1.29, 1.82) is 0 Å². The first-order valence-corrected chi connectivity index (χ1v) is 12.9. The Balaban J connectivity index is 0.00000110. The molecule has 1 saturated heterocycles. The molecule has 0 aromatic rings. The second kappa shape index (κ2) is 17.0. The van der Waals surface area contributed by atoms with Gasteiger partial charge in [-0.2, -0.15) is 0 Å². The lowest BCUT2D eigenvalue weighted by molar-refractivity contribution is -0.909. The van der Waals surface area contributed by atoms with Crippen LogP contribution in [0.25, 0.3) is 0 Å². The molecule has 1 aliphatic heterocycles. The van der Waals surface area contributed by atoms with Gasteiger partial charge in [0.1, 0.15) is 0 Å². The lowest BCUT2D eigenvalue weighted by Crippen LogP contribution is -3.13. The third-order valence-electron chi connectivity index (χ3n) is 5.32. The maximum Gasteiger partial charge on any atom is 0.0916 e. The van der Waals surface area contributed by atoms with Crippen molar-refractivity contribution >= 4 is 10.1 Å². The Hall–Kier alpha value is -0.130. The largest absolute Gasteiger partial charge is 0.748 e. The van der Waals surface area contributed by atoms with Gasteiger partial charge in [-0.15, -0.1) is 0 Å². The van der Waals surface area contributed by atoms with Gasteiger partial charge in [0, 0.05) is 12.2 Å². The SMILES string of the molecule is CCCCCCCCCCC[NH+]1CCCC(CCCC)C1.CS(=O)(=O)[O-]. The van der Waals surface area contributed by atoms with E-state index in [2.05, 4.69) is 13.8 Å². The van der Waals surface area contributed by atoms with E-state index in [1.807, 2.05) is 4.90 Å². The second-order valence-corrected chi connectivity index (χ2v) is 9.55. The van der Waals surface area contributed by atoms with E-state index < -0.39 is 10.1 Å². The molecule has 2 unspecified atom stereocenters. The van der Waals surface area contributed by atoms with Gasteiger partial charge < -0.3 is 9.45 Å². The highest BCUT2D eigenvalue weighted by Gasteiger charge is 2.21. The number of hydrogen-bond donors (Lipinski definition) is 1. The number of nitrogens with one attached hydrogen (secondary N) is 1. The molecule has 0 aliphatic carbocycles. The molecule has 1 aliphatic rings. The van der Waals surface area contributed by atoms with Gasteiger partial charge in [0.25, 0.3) is 0 Å². The predicted molar refractivity (Wildman–Crippen MR) is 111 cm³/mol. The van der Waals surface area contributed by atoms with Crippen molar-refractivity contribution in [3.05, 3.63) is 0 Å². The summed E-state index contributed by atoms with van der Waals surface area (Å²) in [6.07, 6.45) is 21.1. The van der Waals surface area contributed by atoms with Gasteiger partial charge in [-0.1, -0.05) is 71.6 Å². The molecular formula is C21H45NO3S. The number of hydrogen-bond acceptors (Lipinski definition) is 3. The highest BCUT2D eigenvalue weighted by molar-refractivity contribution is 7.84. The van der Waals surface area contributed by atoms with Crippen LogP contribution in [0, 0.1) is 5.92 Å². The van der Waals surface area contributed by atoms with Crippen LogP contribution in [-0.4, -0.2) is 38.9 Å². The van der Waals surface area contributed by atoms with E-state index >= 15 is 0 Å². The van der Waals surface area contributed by atoms with Gasteiger partial charge in [0.15, 0.2) is 0 Å². The fraction of sp³-hybridized carbons (Fsp3) is 1.00. The van der Waals surface area contributed by atoms with Crippen molar-refractivity contribution < 1.29 is 17.9 Å². The molecule has 158 valence electrons. The van der Waals surface area contributed by atoms with Crippen LogP contribution in [0.5, 0.6) is 0 Å². The summed E-state index contributed by atoms with van der Waals surface area (Å²) in [5.41, 5.74) is 0. The van der Waals surface area contributed by atoms with Crippen molar-refractivity contribution in [2.24, 2.45) is 5.92 Å². The van der Waals surface area contributed by atoms with Crippen molar-refractivity contribution in [2.75, 3.05) is 25.9 Å². The first kappa shape index (κ1) is 25.9. The fourth-order valence-corrected chi connectivity index (χ4v) is 3.91. The van der Waals surface area contributed by atoms with Crippen LogP contribution in [-0.2, 0) is 10.1 Å². The minimum atomic E-state index is -3.92. The maximum atomic E-state index is 9.08. The van der Waals surface area contributed by atoms with Gasteiger partial charge in [0.2, 0.25) is 0 Å². The Morgan fingerprint density at radius 2 is 1.38 bits per heavy atom. The quantitative estimate of drug-likeness (QED) is 0.379. The van der Waals surface area contributed by atoms with Gasteiger partial charge in [-0.25, -0.2) is 8.42 Å². The fourth-order valence-electron chi connectivity index (χ4n) is 3.91. The highest BCUT2D eigenvalue weighted by Crippen LogP contribution is 2.15. The standard InChI is InChI=1S/C20H41N.CH4O3S/c1-3-5-7-8-9-10-11-12-13-17-21-18-14-16-20(19-21)15-6-4-2;1-5(2,3)4/h20H,3-19H2,1-2H3;1H3,(H,2,3,4). The summed E-state index contributed by atoms with van der Waals surface area (Å²) in [7, 11) is -3.92. The summed E-state index contributed by atoms with van der Waals surface area (Å²) in [4.78, 5) is 1.92. The van der Waals surface area contributed by atoms with Crippen LogP contribution in [0.3, 0.4) is 0 Å². The second-order valence-electron chi connectivity index (χ2n) is 8.14. The molecule has 1 N–H and O–H groups in total. The van der Waals surface area contributed by atoms with Gasteiger partial charge in [-0.05, 0) is 32.1 Å². The summed E-state index contributed by atoms with van der Waals surface area (Å²) in [5, 5.41) is 0. The maximum absolute atomic E-state index is 9.08. The monoisotopic (exact) mass is 391 g/mol. The molecule has 1 fully saturated rings. The van der Waals surface area contributed by atoms with Crippen molar-refractivity contribution in [3.8, 4) is 0 Å². The minimum absolute atomic E-state index is 0.604. The number of rotatable bonds is 13. The third-order valence-corrected chi connectivity index (χ3v) is 5.32. The predicted octanol–water partition coefficient (Wildman–Crippen LogP) is 4.16. The van der Waals surface area contributed by atoms with E-state index in [0.717, 1.165) is 5.92 Å². The molecule has 0 radical (unpaired) electrons. The zero-order valence-electron chi connectivity index (χ0n) is 17.7. The van der Waals surface area contributed by atoms with E-state index in [1.165, 1.54) is 110 Å². The van der Waals surface area contributed by atoms with Crippen LogP contribution in [0.1, 0.15) is 104 Å². The Morgan fingerprint density at radius 1 is 0.885 bits per heavy atom. The molecule has 0 aromatic heterocycles. The summed E-state index contributed by atoms with van der Waals surface area (Å²) in [6, 6.07) is 0. The molecule has 0 amide bonds. The Bertz CT molecular complexity index is 390. The van der Waals surface area contributed by atoms with E-state index in [1.54, 1.807) is 0 Å². The molecule has 0 saturated carbocycles. The first-order valence-electron chi connectivity index (χ1n) is 11.1. The van der Waals surface area contributed by atoms with E-state index in [0.29, 0.717) is 6.26 Å². The summed E-state index contributed by atoms with van der Waals surface area (Å²) in [5.74, 6) is 1.05. The highest BCUT2D eigenvalue weighted by atomic mass is 32.2. The third kappa shape index (κ3) is 20.2. The lowest BCUT2D eigenvalue weighted by Gasteiger charge is -2.30. The van der Waals surface area contributed by atoms with E-state index in [4.69, 9.17) is 13.0 Å². The summed E-state index contributed by atoms with van der Waals surface area (Å²) >= 11 is 0. The topological polar surface area (TPSA) is 61.6 Å². The smallest absolute Gasteiger partial charge is 0.0916 e. The van der Waals surface area contributed by atoms with Crippen LogP contribution >= 0.6 is 0 Å². The van der Waals surface area contributed by atoms with Crippen LogP contribution < -0.4 is 4.90 Å². The average Bonchev–Trinajstić information content (AvgIpc) is 2.57. The summed E-state index contributed by atoms with van der Waals surface area (Å²) < 4.78 is 27.2. The van der Waals surface area contributed by atoms with Crippen molar-refractivity contribution in [3.63, 3.8) is 0 Å². The van der Waals surface area contributed by atoms with Crippen molar-refractivity contribution in [1.82, 2.24) is 0 Å². The number of piperidine rings is 1. The van der Waals surface area contributed by atoms with Gasteiger partial charge >= 0.3 is 0 Å². The Labute approximate surface area is 163 Å². The molecular weight excluding hydrogens is 346 g/mol. The number of quaternary nitrogens is 1. The molecule has 0 spiro atoms. The normalized spacial score (nSPS) is 20.5. The van der Waals surface area contributed by atoms with Crippen LogP contribution in [0.15, 0.2) is 0 Å². The van der Waals surface area contributed by atoms with Crippen molar-refractivity contribution in [2.45, 2.75) is 104 Å². The van der Waals surface area contributed by atoms with Gasteiger partial charge in [-0.3, -0.25) is 0 Å². The number of likely N-dealkylation sites (tertiary alicyclic amines) is 1. The molecule has 4 nitrogen and oxygen atoms in total. The molecule has 5 heteroatoms.